The van der Waals surface area contributed by atoms with Gasteiger partial charge in [0.05, 0.1) is 32.5 Å². The highest BCUT2D eigenvalue weighted by atomic mass is 16.6. The molecule has 1 aliphatic rings. The van der Waals surface area contributed by atoms with Crippen molar-refractivity contribution < 1.29 is 42.8 Å². The van der Waals surface area contributed by atoms with Gasteiger partial charge in [0, 0.05) is 23.1 Å². The molecule has 0 amide bonds. The molecule has 0 aliphatic carbocycles. The number of carbonyl (C=O) groups excluding carboxylic acids is 3. The average molecular weight is 426 g/mol. The van der Waals surface area contributed by atoms with E-state index in [2.05, 4.69) is 19.7 Å². The standard InChI is InChI=1S/C21H30O9/c1-14(2)19(22)27-9-7-25-6-8-26-17(11-29-20(23)15(3)4)10-16(5)21(24)30-13-18-12-28-18/h17-18H,1,3,5-13H2,2,4H3. The number of ether oxygens (including phenoxy) is 6. The third kappa shape index (κ3) is 11.5. The Morgan fingerprint density at radius 3 is 2.10 bits per heavy atom. The van der Waals surface area contributed by atoms with Gasteiger partial charge in [-0.3, -0.25) is 0 Å². The molecule has 0 aromatic rings. The monoisotopic (exact) mass is 426 g/mol. The van der Waals surface area contributed by atoms with Crippen LogP contribution in [0.2, 0.25) is 0 Å². The lowest BCUT2D eigenvalue weighted by molar-refractivity contribution is -0.145. The number of hydrogen-bond donors (Lipinski definition) is 0. The van der Waals surface area contributed by atoms with E-state index in [1.54, 1.807) is 6.92 Å². The van der Waals surface area contributed by atoms with Crippen LogP contribution in [-0.2, 0) is 42.8 Å². The van der Waals surface area contributed by atoms with Crippen LogP contribution in [0.15, 0.2) is 36.5 Å². The molecule has 0 spiro atoms. The fourth-order valence-electron chi connectivity index (χ4n) is 1.94. The summed E-state index contributed by atoms with van der Waals surface area (Å²) in [6.07, 6.45) is -0.545. The summed E-state index contributed by atoms with van der Waals surface area (Å²) < 4.78 is 31.1. The highest BCUT2D eigenvalue weighted by Gasteiger charge is 2.25. The Balaban J connectivity index is 2.34. The molecule has 1 aliphatic heterocycles. The zero-order valence-corrected chi connectivity index (χ0v) is 17.6. The van der Waals surface area contributed by atoms with E-state index in [-0.39, 0.29) is 63.3 Å². The van der Waals surface area contributed by atoms with E-state index in [0.29, 0.717) is 12.2 Å². The second-order valence-electron chi connectivity index (χ2n) is 6.76. The topological polar surface area (TPSA) is 110 Å². The lowest BCUT2D eigenvalue weighted by atomic mass is 10.1. The molecule has 0 N–H and O–H groups in total. The summed E-state index contributed by atoms with van der Waals surface area (Å²) in [4.78, 5) is 34.8. The van der Waals surface area contributed by atoms with Crippen LogP contribution in [-0.4, -0.2) is 76.4 Å². The van der Waals surface area contributed by atoms with Gasteiger partial charge in [0.25, 0.3) is 0 Å². The van der Waals surface area contributed by atoms with Crippen molar-refractivity contribution in [3.8, 4) is 0 Å². The van der Waals surface area contributed by atoms with Crippen molar-refractivity contribution in [2.45, 2.75) is 32.5 Å². The van der Waals surface area contributed by atoms with Crippen molar-refractivity contribution in [2.75, 3.05) is 46.2 Å². The van der Waals surface area contributed by atoms with Gasteiger partial charge in [-0.2, -0.15) is 0 Å². The van der Waals surface area contributed by atoms with Gasteiger partial charge in [0.15, 0.2) is 0 Å². The van der Waals surface area contributed by atoms with Crippen molar-refractivity contribution in [3.05, 3.63) is 36.5 Å². The number of rotatable bonds is 16. The minimum atomic E-state index is -0.615. The van der Waals surface area contributed by atoms with Gasteiger partial charge in [-0.15, -0.1) is 0 Å². The van der Waals surface area contributed by atoms with E-state index in [4.69, 9.17) is 28.4 Å². The summed E-state index contributed by atoms with van der Waals surface area (Å²) in [6, 6.07) is 0. The molecular weight excluding hydrogens is 396 g/mol. The average Bonchev–Trinajstić information content (AvgIpc) is 3.52. The van der Waals surface area contributed by atoms with Crippen LogP contribution in [0, 0.1) is 0 Å². The van der Waals surface area contributed by atoms with Gasteiger partial charge in [-0.05, 0) is 13.8 Å². The highest BCUT2D eigenvalue weighted by Crippen LogP contribution is 2.13. The summed E-state index contributed by atoms with van der Waals surface area (Å²) in [5, 5.41) is 0. The largest absolute Gasteiger partial charge is 0.460 e. The molecule has 9 nitrogen and oxygen atoms in total. The minimum absolute atomic E-state index is 0.0443. The molecule has 2 unspecified atom stereocenters. The van der Waals surface area contributed by atoms with Gasteiger partial charge >= 0.3 is 17.9 Å². The predicted octanol–water partition coefficient (Wildman–Crippen LogP) is 1.52. The first-order valence-electron chi connectivity index (χ1n) is 9.51. The maximum atomic E-state index is 12.0. The molecular formula is C21H30O9. The molecule has 1 fully saturated rings. The van der Waals surface area contributed by atoms with Gasteiger partial charge in [-0.25, -0.2) is 14.4 Å². The van der Waals surface area contributed by atoms with E-state index >= 15 is 0 Å². The van der Waals surface area contributed by atoms with Gasteiger partial charge in [-0.1, -0.05) is 19.7 Å². The lowest BCUT2D eigenvalue weighted by Crippen LogP contribution is -2.26. The van der Waals surface area contributed by atoms with Crippen LogP contribution in [0.1, 0.15) is 20.3 Å². The van der Waals surface area contributed by atoms with Crippen molar-refractivity contribution in [1.29, 1.82) is 0 Å². The van der Waals surface area contributed by atoms with E-state index in [9.17, 15) is 14.4 Å². The molecule has 168 valence electrons. The summed E-state index contributed by atoms with van der Waals surface area (Å²) in [6.45, 7) is 15.1. The Morgan fingerprint density at radius 2 is 1.50 bits per heavy atom. The number of hydrogen-bond acceptors (Lipinski definition) is 9. The second-order valence-corrected chi connectivity index (χ2v) is 6.76. The fraction of sp³-hybridized carbons (Fsp3) is 0.571. The fourth-order valence-corrected chi connectivity index (χ4v) is 1.94. The molecule has 0 bridgehead atoms. The van der Waals surface area contributed by atoms with Crippen molar-refractivity contribution in [3.63, 3.8) is 0 Å². The Hall–Kier alpha value is -2.49. The Morgan fingerprint density at radius 1 is 0.900 bits per heavy atom. The number of epoxide rings is 1. The second kappa shape index (κ2) is 13.7. The van der Waals surface area contributed by atoms with Crippen LogP contribution in [0.3, 0.4) is 0 Å². The first kappa shape index (κ1) is 25.5. The Labute approximate surface area is 176 Å². The Bertz CT molecular complexity index is 649. The maximum absolute atomic E-state index is 12.0. The molecule has 0 saturated carbocycles. The van der Waals surface area contributed by atoms with Crippen molar-refractivity contribution in [1.82, 2.24) is 0 Å². The van der Waals surface area contributed by atoms with E-state index in [1.165, 1.54) is 6.92 Å². The number of carbonyl (C=O) groups is 3. The lowest BCUT2D eigenvalue weighted by Gasteiger charge is -2.19. The van der Waals surface area contributed by atoms with Gasteiger partial charge in [0.2, 0.25) is 0 Å². The molecule has 0 radical (unpaired) electrons. The smallest absolute Gasteiger partial charge is 0.333 e. The minimum Gasteiger partial charge on any atom is -0.460 e. The van der Waals surface area contributed by atoms with Gasteiger partial charge < -0.3 is 28.4 Å². The first-order chi connectivity index (χ1) is 14.2. The quantitative estimate of drug-likeness (QED) is 0.119. The molecule has 1 heterocycles. The molecule has 1 saturated heterocycles. The van der Waals surface area contributed by atoms with Crippen molar-refractivity contribution >= 4 is 17.9 Å². The molecule has 9 heteroatoms. The molecule has 0 aromatic heterocycles. The van der Waals surface area contributed by atoms with Gasteiger partial charge in [0.1, 0.15) is 25.9 Å². The summed E-state index contributed by atoms with van der Waals surface area (Å²) in [7, 11) is 0. The van der Waals surface area contributed by atoms with Crippen LogP contribution in [0.25, 0.3) is 0 Å². The van der Waals surface area contributed by atoms with E-state index in [0.717, 1.165) is 0 Å². The molecule has 1 rings (SSSR count). The summed E-state index contributed by atoms with van der Waals surface area (Å²) in [5.41, 5.74) is 0.762. The summed E-state index contributed by atoms with van der Waals surface area (Å²) in [5.74, 6) is -1.59. The predicted molar refractivity (Wildman–Crippen MR) is 107 cm³/mol. The first-order valence-corrected chi connectivity index (χ1v) is 9.51. The molecule has 2 atom stereocenters. The van der Waals surface area contributed by atoms with Crippen LogP contribution in [0.4, 0.5) is 0 Å². The van der Waals surface area contributed by atoms with Crippen LogP contribution < -0.4 is 0 Å². The number of esters is 3. The third-order valence-electron chi connectivity index (χ3n) is 3.70. The van der Waals surface area contributed by atoms with Crippen molar-refractivity contribution in [2.24, 2.45) is 0 Å². The van der Waals surface area contributed by atoms with E-state index in [1.807, 2.05) is 0 Å². The zero-order chi connectivity index (χ0) is 22.5. The normalized spacial score (nSPS) is 15.6. The van der Waals surface area contributed by atoms with Crippen LogP contribution in [0.5, 0.6) is 0 Å². The summed E-state index contributed by atoms with van der Waals surface area (Å²) >= 11 is 0. The third-order valence-corrected chi connectivity index (χ3v) is 3.70. The van der Waals surface area contributed by atoms with E-state index < -0.39 is 24.0 Å². The Kier molecular flexibility index (Phi) is 11.7. The highest BCUT2D eigenvalue weighted by molar-refractivity contribution is 5.88. The SMILES string of the molecule is C=C(C)C(=O)OCCOCCOC(COC(=O)C(=C)C)CC(=C)C(=O)OCC1CO1. The molecule has 30 heavy (non-hydrogen) atoms. The molecule has 0 aromatic carbocycles. The van der Waals surface area contributed by atoms with Crippen LogP contribution >= 0.6 is 0 Å². The maximum Gasteiger partial charge on any atom is 0.333 e. The zero-order valence-electron chi connectivity index (χ0n) is 17.6.